The van der Waals surface area contributed by atoms with Crippen LogP contribution in [0.5, 0.6) is 11.5 Å². The fourth-order valence-electron chi connectivity index (χ4n) is 3.93. The zero-order valence-corrected chi connectivity index (χ0v) is 17.6. The Labute approximate surface area is 174 Å². The van der Waals surface area contributed by atoms with E-state index in [4.69, 9.17) is 14.5 Å². The summed E-state index contributed by atoms with van der Waals surface area (Å²) in [7, 11) is 3.19. The zero-order valence-electron chi connectivity index (χ0n) is 16.7. The number of hydrogen-bond donors (Lipinski definition) is 2. The lowest BCUT2D eigenvalue weighted by atomic mass is 10.0. The van der Waals surface area contributed by atoms with Crippen LogP contribution in [0.15, 0.2) is 42.5 Å². The van der Waals surface area contributed by atoms with Gasteiger partial charge in [0.1, 0.15) is 17.5 Å². The number of piperidine rings is 1. The van der Waals surface area contributed by atoms with E-state index < -0.39 is 0 Å². The quantitative estimate of drug-likeness (QED) is 0.653. The molecule has 1 aliphatic rings. The molecule has 2 heterocycles. The van der Waals surface area contributed by atoms with Crippen LogP contribution in [0.3, 0.4) is 0 Å². The van der Waals surface area contributed by atoms with Crippen LogP contribution in [0, 0.1) is 0 Å². The monoisotopic (exact) mass is 412 g/mol. The van der Waals surface area contributed by atoms with E-state index in [1.807, 2.05) is 24.3 Å². The topological polar surface area (TPSA) is 64.9 Å². The van der Waals surface area contributed by atoms with E-state index >= 15 is 0 Å². The van der Waals surface area contributed by atoms with Crippen molar-refractivity contribution in [1.82, 2.24) is 4.98 Å². The van der Waals surface area contributed by atoms with Crippen LogP contribution in [-0.4, -0.2) is 38.2 Å². The van der Waals surface area contributed by atoms with Crippen LogP contribution in [0.4, 0.5) is 5.69 Å². The summed E-state index contributed by atoms with van der Waals surface area (Å²) >= 11 is 1.75. The van der Waals surface area contributed by atoms with Crippen molar-refractivity contribution in [1.29, 1.82) is 0 Å². The number of likely N-dealkylation sites (tertiary alicyclic amines) is 1. The Bertz CT molecular complexity index is 971. The van der Waals surface area contributed by atoms with Gasteiger partial charge in [0.25, 0.3) is 5.91 Å². The molecule has 2 atom stereocenters. The van der Waals surface area contributed by atoms with E-state index in [-0.39, 0.29) is 11.9 Å². The molecule has 152 valence electrons. The molecule has 1 unspecified atom stereocenters. The predicted molar refractivity (Wildman–Crippen MR) is 115 cm³/mol. The number of aromatic nitrogens is 1. The molecule has 0 bridgehead atoms. The second-order valence-corrected chi connectivity index (χ2v) is 8.33. The Morgan fingerprint density at radius 3 is 2.86 bits per heavy atom. The van der Waals surface area contributed by atoms with Crippen molar-refractivity contribution < 1.29 is 19.2 Å². The van der Waals surface area contributed by atoms with E-state index in [9.17, 15) is 4.79 Å². The first-order valence-electron chi connectivity index (χ1n) is 9.90. The molecule has 1 aliphatic heterocycles. The number of anilines is 1. The Kier molecular flexibility index (Phi) is 5.97. The first-order chi connectivity index (χ1) is 14.2. The molecular weight excluding hydrogens is 386 g/mol. The molecule has 2 N–H and O–H groups in total. The van der Waals surface area contributed by atoms with Gasteiger partial charge in [0.15, 0.2) is 11.6 Å². The number of carbonyl (C=O) groups excluding carboxylic acids is 1. The van der Waals surface area contributed by atoms with Gasteiger partial charge < -0.3 is 19.7 Å². The maximum Gasteiger partial charge on any atom is 0.279 e. The summed E-state index contributed by atoms with van der Waals surface area (Å²) in [5.41, 5.74) is 1.70. The van der Waals surface area contributed by atoms with Gasteiger partial charge in [-0.05, 0) is 37.1 Å². The molecule has 29 heavy (non-hydrogen) atoms. The highest BCUT2D eigenvalue weighted by atomic mass is 32.1. The molecule has 4 rings (SSSR count). The van der Waals surface area contributed by atoms with Gasteiger partial charge >= 0.3 is 0 Å². The van der Waals surface area contributed by atoms with E-state index in [0.717, 1.165) is 29.9 Å². The highest BCUT2D eigenvalue weighted by molar-refractivity contribution is 7.18. The number of ether oxygens (including phenoxy) is 2. The molecule has 6 nitrogen and oxygen atoms in total. The lowest BCUT2D eigenvalue weighted by molar-refractivity contribution is -0.929. The number of nitrogens with one attached hydrogen (secondary N) is 2. The van der Waals surface area contributed by atoms with Gasteiger partial charge in [-0.15, -0.1) is 11.3 Å². The van der Waals surface area contributed by atoms with Crippen molar-refractivity contribution in [2.75, 3.05) is 32.6 Å². The Morgan fingerprint density at radius 2 is 2.07 bits per heavy atom. The number of hydrogen-bond acceptors (Lipinski definition) is 5. The summed E-state index contributed by atoms with van der Waals surface area (Å²) < 4.78 is 11.8. The molecule has 3 aromatic rings. The minimum Gasteiger partial charge on any atom is -0.497 e. The number of quaternary nitrogens is 1. The molecule has 0 aliphatic carbocycles. The van der Waals surface area contributed by atoms with Crippen molar-refractivity contribution in [2.45, 2.75) is 25.3 Å². The van der Waals surface area contributed by atoms with Gasteiger partial charge in [-0.1, -0.05) is 12.1 Å². The average Bonchev–Trinajstić information content (AvgIpc) is 3.18. The average molecular weight is 413 g/mol. The van der Waals surface area contributed by atoms with Crippen LogP contribution in [0.1, 0.15) is 30.3 Å². The van der Waals surface area contributed by atoms with Gasteiger partial charge in [0.2, 0.25) is 0 Å². The minimum absolute atomic E-state index is 0.0172. The molecule has 0 spiro atoms. The van der Waals surface area contributed by atoms with Gasteiger partial charge in [0.05, 0.1) is 36.7 Å². The van der Waals surface area contributed by atoms with E-state index in [1.165, 1.54) is 16.0 Å². The summed E-state index contributed by atoms with van der Waals surface area (Å²) in [5.74, 6) is 1.27. The summed E-state index contributed by atoms with van der Waals surface area (Å²) in [5, 5.41) is 4.14. The van der Waals surface area contributed by atoms with Gasteiger partial charge in [-0.25, -0.2) is 4.98 Å². The summed E-state index contributed by atoms with van der Waals surface area (Å²) in [4.78, 5) is 19.0. The van der Waals surface area contributed by atoms with Gasteiger partial charge in [0, 0.05) is 12.5 Å². The number of amides is 1. The summed E-state index contributed by atoms with van der Waals surface area (Å²) in [6.45, 7) is 1.39. The van der Waals surface area contributed by atoms with Crippen LogP contribution < -0.4 is 19.7 Å². The Hall–Kier alpha value is -2.64. The standard InChI is InChI=1S/C22H25N3O3S/c1-27-15-10-11-16(19(13-15)28-2)23-21(26)14-25-12-6-5-8-18(25)22-24-17-7-3-4-9-20(17)29-22/h3-4,7,9-11,13,18H,5-6,8,12,14H2,1-2H3,(H,23,26)/p+1/t18-/m1/s1. The zero-order chi connectivity index (χ0) is 20.2. The molecule has 0 radical (unpaired) electrons. The number of methoxy groups -OCH3 is 2. The Balaban J connectivity index is 1.48. The molecule has 1 saturated heterocycles. The van der Waals surface area contributed by atoms with Gasteiger partial charge in [-0.3, -0.25) is 4.79 Å². The maximum absolute atomic E-state index is 12.8. The van der Waals surface area contributed by atoms with Crippen molar-refractivity contribution in [2.24, 2.45) is 0 Å². The number of thiazole rings is 1. The van der Waals surface area contributed by atoms with Crippen LogP contribution in [0.2, 0.25) is 0 Å². The van der Waals surface area contributed by atoms with Crippen molar-refractivity contribution in [3.05, 3.63) is 47.5 Å². The predicted octanol–water partition coefficient (Wildman–Crippen LogP) is 3.06. The molecule has 1 aromatic heterocycles. The third-order valence-corrected chi connectivity index (χ3v) is 6.56. The molecule has 1 amide bonds. The first kappa shape index (κ1) is 19.7. The number of benzene rings is 2. The fourth-order valence-corrected chi connectivity index (χ4v) is 5.09. The number of fused-ring (bicyclic) bond motifs is 1. The highest BCUT2D eigenvalue weighted by Gasteiger charge is 2.32. The number of nitrogens with zero attached hydrogens (tertiary/aromatic N) is 1. The number of carbonyl (C=O) groups is 1. The largest absolute Gasteiger partial charge is 0.497 e. The first-order valence-corrected chi connectivity index (χ1v) is 10.7. The SMILES string of the molecule is COc1ccc(NC(=O)C[NH+]2CCCC[C@@H]2c2nc3ccccc3s2)c(OC)c1. The van der Waals surface area contributed by atoms with E-state index in [1.54, 1.807) is 31.6 Å². The fraction of sp³-hybridized carbons (Fsp3) is 0.364. The highest BCUT2D eigenvalue weighted by Crippen LogP contribution is 2.30. The lowest BCUT2D eigenvalue weighted by Gasteiger charge is -2.30. The molecular formula is C22H26N3O3S+. The molecule has 7 heteroatoms. The van der Waals surface area contributed by atoms with Crippen LogP contribution in [0.25, 0.3) is 10.2 Å². The third kappa shape index (κ3) is 4.36. The van der Waals surface area contributed by atoms with E-state index in [2.05, 4.69) is 17.4 Å². The second-order valence-electron chi connectivity index (χ2n) is 7.27. The normalized spacial score (nSPS) is 19.1. The van der Waals surface area contributed by atoms with Gasteiger partial charge in [-0.2, -0.15) is 0 Å². The smallest absolute Gasteiger partial charge is 0.279 e. The minimum atomic E-state index is -0.0172. The van der Waals surface area contributed by atoms with Crippen molar-refractivity contribution in [3.63, 3.8) is 0 Å². The van der Waals surface area contributed by atoms with Crippen molar-refractivity contribution in [3.8, 4) is 11.5 Å². The summed E-state index contributed by atoms with van der Waals surface area (Å²) in [6, 6.07) is 13.9. The van der Waals surface area contributed by atoms with E-state index in [0.29, 0.717) is 23.7 Å². The summed E-state index contributed by atoms with van der Waals surface area (Å²) in [6.07, 6.45) is 3.38. The second kappa shape index (κ2) is 8.80. The third-order valence-electron chi connectivity index (χ3n) is 5.41. The number of rotatable bonds is 6. The molecule has 1 fully saturated rings. The molecule has 2 aromatic carbocycles. The lowest BCUT2D eigenvalue weighted by Crippen LogP contribution is -3.14. The maximum atomic E-state index is 12.8. The molecule has 0 saturated carbocycles. The van der Waals surface area contributed by atoms with Crippen molar-refractivity contribution >= 4 is 33.1 Å². The number of para-hydroxylation sites is 1. The Morgan fingerprint density at radius 1 is 1.21 bits per heavy atom. The van der Waals surface area contributed by atoms with Crippen LogP contribution >= 0.6 is 11.3 Å². The van der Waals surface area contributed by atoms with Crippen LogP contribution in [-0.2, 0) is 4.79 Å².